The van der Waals surface area contributed by atoms with Gasteiger partial charge in [0.25, 0.3) is 5.91 Å². The largest absolute Gasteiger partial charge is 0.333 e. The predicted molar refractivity (Wildman–Crippen MR) is 88.4 cm³/mol. The number of hydrogen-bond acceptors (Lipinski definition) is 5. The molecule has 0 saturated carbocycles. The Morgan fingerprint density at radius 3 is 3.00 bits per heavy atom. The zero-order valence-corrected chi connectivity index (χ0v) is 14.0. The molecule has 0 bridgehead atoms. The Morgan fingerprint density at radius 1 is 1.33 bits per heavy atom. The highest BCUT2D eigenvalue weighted by Crippen LogP contribution is 2.26. The molecule has 1 aromatic carbocycles. The van der Waals surface area contributed by atoms with Crippen molar-refractivity contribution < 1.29 is 9.18 Å². The van der Waals surface area contributed by atoms with Crippen molar-refractivity contribution in [1.82, 2.24) is 24.7 Å². The van der Waals surface area contributed by atoms with Gasteiger partial charge >= 0.3 is 0 Å². The Kier molecular flexibility index (Phi) is 3.76. The molecule has 0 aliphatic carbocycles. The second-order valence-corrected chi connectivity index (χ2v) is 6.93. The van der Waals surface area contributed by atoms with Crippen molar-refractivity contribution in [3.05, 3.63) is 35.9 Å². The highest BCUT2D eigenvalue weighted by atomic mass is 32.1. The van der Waals surface area contributed by atoms with Crippen LogP contribution >= 0.6 is 11.3 Å². The first-order valence-corrected chi connectivity index (χ1v) is 8.74. The number of fused-ring (bicyclic) bond motifs is 1. The van der Waals surface area contributed by atoms with Gasteiger partial charge in [0.15, 0.2) is 0 Å². The Morgan fingerprint density at radius 2 is 2.21 bits per heavy atom. The first kappa shape index (κ1) is 15.2. The molecule has 3 aromatic rings. The fourth-order valence-corrected chi connectivity index (χ4v) is 3.85. The molecule has 0 N–H and O–H groups in total. The molecule has 0 spiro atoms. The molecule has 1 atom stereocenters. The monoisotopic (exact) mass is 345 g/mol. The maximum absolute atomic E-state index is 13.4. The van der Waals surface area contributed by atoms with Crippen LogP contribution in [0.5, 0.6) is 0 Å². The normalized spacial score (nSPS) is 18.2. The number of piperidine rings is 1. The third kappa shape index (κ3) is 2.56. The van der Waals surface area contributed by atoms with E-state index in [1.165, 1.54) is 28.0 Å². The fraction of sp³-hybridized carbons (Fsp3) is 0.375. The van der Waals surface area contributed by atoms with Crippen LogP contribution < -0.4 is 0 Å². The Balaban J connectivity index is 1.71. The molecule has 0 radical (unpaired) electrons. The maximum atomic E-state index is 13.4. The van der Waals surface area contributed by atoms with Crippen LogP contribution in [0.25, 0.3) is 15.5 Å². The minimum Gasteiger partial charge on any atom is -0.333 e. The van der Waals surface area contributed by atoms with Crippen molar-refractivity contribution in [3.63, 3.8) is 0 Å². The van der Waals surface area contributed by atoms with Crippen molar-refractivity contribution >= 4 is 22.2 Å². The standard InChI is InChI=1S/C16H16FN5OS/c1-10-5-2-3-8-21(10)15(23)13-18-19-16-22(13)20-14(24-16)11-6-4-7-12(17)9-11/h4,6-7,9-10H,2-3,5,8H2,1H3/t10-/m1/s1. The maximum Gasteiger partial charge on any atom is 0.293 e. The van der Waals surface area contributed by atoms with Gasteiger partial charge < -0.3 is 4.90 Å². The lowest BCUT2D eigenvalue weighted by Gasteiger charge is -2.32. The molecule has 3 heterocycles. The van der Waals surface area contributed by atoms with Crippen LogP contribution in [-0.2, 0) is 0 Å². The Bertz CT molecular complexity index is 905. The van der Waals surface area contributed by atoms with Gasteiger partial charge in [0.05, 0.1) is 0 Å². The number of aromatic nitrogens is 4. The highest BCUT2D eigenvalue weighted by Gasteiger charge is 2.28. The van der Waals surface area contributed by atoms with E-state index in [1.54, 1.807) is 12.1 Å². The molecule has 6 nitrogen and oxygen atoms in total. The number of benzene rings is 1. The van der Waals surface area contributed by atoms with E-state index >= 15 is 0 Å². The lowest BCUT2D eigenvalue weighted by atomic mass is 10.0. The van der Waals surface area contributed by atoms with Gasteiger partial charge in [0.2, 0.25) is 10.8 Å². The first-order chi connectivity index (χ1) is 11.6. The second-order valence-electron chi connectivity index (χ2n) is 5.98. The minimum atomic E-state index is -0.322. The molecule has 8 heteroatoms. The molecule has 1 saturated heterocycles. The number of carbonyl (C=O) groups excluding carboxylic acids is 1. The third-order valence-electron chi connectivity index (χ3n) is 4.32. The summed E-state index contributed by atoms with van der Waals surface area (Å²) in [4.78, 5) is 15.2. The molecule has 1 aliphatic rings. The molecular formula is C16H16FN5OS. The average Bonchev–Trinajstić information content (AvgIpc) is 3.15. The molecule has 24 heavy (non-hydrogen) atoms. The molecule has 0 unspecified atom stereocenters. The van der Waals surface area contributed by atoms with Crippen LogP contribution in [0, 0.1) is 5.82 Å². The van der Waals surface area contributed by atoms with Crippen LogP contribution in [0.4, 0.5) is 4.39 Å². The van der Waals surface area contributed by atoms with Gasteiger partial charge in [-0.3, -0.25) is 4.79 Å². The van der Waals surface area contributed by atoms with Crippen molar-refractivity contribution in [2.75, 3.05) is 6.54 Å². The molecule has 1 fully saturated rings. The van der Waals surface area contributed by atoms with Gasteiger partial charge in [-0.15, -0.1) is 10.2 Å². The van der Waals surface area contributed by atoms with Gasteiger partial charge in [-0.05, 0) is 38.3 Å². The van der Waals surface area contributed by atoms with E-state index in [0.29, 0.717) is 15.5 Å². The molecule has 2 aromatic heterocycles. The summed E-state index contributed by atoms with van der Waals surface area (Å²) in [7, 11) is 0. The lowest BCUT2D eigenvalue weighted by Crippen LogP contribution is -2.42. The van der Waals surface area contributed by atoms with Gasteiger partial charge in [0, 0.05) is 18.2 Å². The fourth-order valence-electron chi connectivity index (χ4n) is 3.02. The van der Waals surface area contributed by atoms with E-state index in [0.717, 1.165) is 25.8 Å². The number of halogens is 1. The van der Waals surface area contributed by atoms with Crippen LogP contribution in [0.1, 0.15) is 36.8 Å². The zero-order valence-electron chi connectivity index (χ0n) is 13.1. The quantitative estimate of drug-likeness (QED) is 0.716. The number of likely N-dealkylation sites (tertiary alicyclic amines) is 1. The summed E-state index contributed by atoms with van der Waals surface area (Å²) in [6, 6.07) is 6.41. The third-order valence-corrected chi connectivity index (χ3v) is 5.27. The van der Waals surface area contributed by atoms with Crippen molar-refractivity contribution in [2.45, 2.75) is 32.2 Å². The molecule has 4 rings (SSSR count). The lowest BCUT2D eigenvalue weighted by molar-refractivity contribution is 0.0620. The van der Waals surface area contributed by atoms with Crippen LogP contribution in [0.2, 0.25) is 0 Å². The van der Waals surface area contributed by atoms with E-state index < -0.39 is 0 Å². The smallest absolute Gasteiger partial charge is 0.293 e. The number of amides is 1. The van der Waals surface area contributed by atoms with Crippen LogP contribution in [0.3, 0.4) is 0 Å². The van der Waals surface area contributed by atoms with E-state index in [9.17, 15) is 9.18 Å². The number of nitrogens with zero attached hydrogens (tertiary/aromatic N) is 5. The van der Waals surface area contributed by atoms with Gasteiger partial charge in [-0.2, -0.15) is 9.61 Å². The summed E-state index contributed by atoms with van der Waals surface area (Å²) >= 11 is 1.29. The summed E-state index contributed by atoms with van der Waals surface area (Å²) in [6.07, 6.45) is 3.14. The second kappa shape index (κ2) is 5.94. The van der Waals surface area contributed by atoms with Crippen LogP contribution in [-0.4, -0.2) is 43.2 Å². The van der Waals surface area contributed by atoms with E-state index in [1.807, 2.05) is 4.90 Å². The van der Waals surface area contributed by atoms with Gasteiger partial charge in [-0.1, -0.05) is 23.5 Å². The van der Waals surface area contributed by atoms with Crippen LogP contribution in [0.15, 0.2) is 24.3 Å². The summed E-state index contributed by atoms with van der Waals surface area (Å²) < 4.78 is 14.9. The Labute approximate surface area is 141 Å². The SMILES string of the molecule is C[C@@H]1CCCCN1C(=O)c1nnc2sc(-c3cccc(F)c3)nn12. The highest BCUT2D eigenvalue weighted by molar-refractivity contribution is 7.19. The minimum absolute atomic E-state index is 0.147. The first-order valence-electron chi connectivity index (χ1n) is 7.92. The number of hydrogen-bond donors (Lipinski definition) is 0. The predicted octanol–water partition coefficient (Wildman–Crippen LogP) is 3.01. The van der Waals surface area contributed by atoms with Crippen molar-refractivity contribution in [2.24, 2.45) is 0 Å². The number of carbonyl (C=O) groups is 1. The van der Waals surface area contributed by atoms with E-state index in [-0.39, 0.29) is 23.6 Å². The average molecular weight is 345 g/mol. The molecule has 1 aliphatic heterocycles. The molecule has 124 valence electrons. The zero-order chi connectivity index (χ0) is 16.7. The summed E-state index contributed by atoms with van der Waals surface area (Å²) in [5.41, 5.74) is 0.662. The van der Waals surface area contributed by atoms with Crippen molar-refractivity contribution in [1.29, 1.82) is 0 Å². The summed E-state index contributed by atoms with van der Waals surface area (Å²) in [6.45, 7) is 2.78. The molecular weight excluding hydrogens is 329 g/mol. The van der Waals surface area contributed by atoms with E-state index in [2.05, 4.69) is 22.2 Å². The topological polar surface area (TPSA) is 63.4 Å². The van der Waals surface area contributed by atoms with Gasteiger partial charge in [-0.25, -0.2) is 4.39 Å². The summed E-state index contributed by atoms with van der Waals surface area (Å²) in [5, 5.41) is 13.1. The molecule has 1 amide bonds. The van der Waals surface area contributed by atoms with Gasteiger partial charge in [0.1, 0.15) is 10.8 Å². The Hall–Kier alpha value is -2.35. The van der Waals surface area contributed by atoms with E-state index in [4.69, 9.17) is 0 Å². The van der Waals surface area contributed by atoms with Crippen molar-refractivity contribution in [3.8, 4) is 10.6 Å². The number of rotatable bonds is 2. The summed E-state index contributed by atoms with van der Waals surface area (Å²) in [5.74, 6) is -0.250.